The lowest BCUT2D eigenvalue weighted by molar-refractivity contribution is 0.366. The highest BCUT2D eigenvalue weighted by Crippen LogP contribution is 2.60. The first-order valence-electron chi connectivity index (χ1n) is 15.1. The van der Waals surface area contributed by atoms with Crippen molar-refractivity contribution in [3.05, 3.63) is 104 Å². The monoisotopic (exact) mass is 662 g/mol. The Morgan fingerprint density at radius 1 is 0.733 bits per heavy atom. The predicted molar refractivity (Wildman–Crippen MR) is 168 cm³/mol. The molecule has 0 bridgehead atoms. The van der Waals surface area contributed by atoms with Gasteiger partial charge in [-0.15, -0.1) is 0 Å². The summed E-state index contributed by atoms with van der Waals surface area (Å²) in [5.41, 5.74) is 0.845. The molecule has 0 aliphatic carbocycles. The van der Waals surface area contributed by atoms with E-state index in [0.717, 1.165) is 18.4 Å². The van der Waals surface area contributed by atoms with Gasteiger partial charge < -0.3 is 27.0 Å². The summed E-state index contributed by atoms with van der Waals surface area (Å²) >= 11 is 0. The molecule has 0 fully saturated rings. The number of ether oxygens (including phenoxy) is 1. The van der Waals surface area contributed by atoms with Gasteiger partial charge in [0.05, 0.1) is 12.3 Å². The number of hydrogen-bond donors (Lipinski definition) is 1. The van der Waals surface area contributed by atoms with Crippen LogP contribution < -0.4 is 16.4 Å². The average Bonchev–Trinajstić information content (AvgIpc) is 3.52. The summed E-state index contributed by atoms with van der Waals surface area (Å²) in [6.07, 6.45) is 2.93. The molecule has 244 valence electrons. The largest absolute Gasteiger partial charge is 0.519 e. The van der Waals surface area contributed by atoms with Gasteiger partial charge in [0.2, 0.25) is 0 Å². The van der Waals surface area contributed by atoms with Gasteiger partial charge in [0.15, 0.2) is 23.0 Å². The van der Waals surface area contributed by atoms with Crippen molar-refractivity contribution in [1.29, 1.82) is 0 Å². The van der Waals surface area contributed by atoms with Gasteiger partial charge in [0.25, 0.3) is 10.1 Å². The minimum atomic E-state index is -4.90. The Kier molecular flexibility index (Phi) is 11.9. The predicted octanol–water partition coefficient (Wildman–Crippen LogP) is 7.56. The van der Waals surface area contributed by atoms with Crippen molar-refractivity contribution in [2.24, 2.45) is 0 Å². The summed E-state index contributed by atoms with van der Waals surface area (Å²) < 4.78 is 78.0. The van der Waals surface area contributed by atoms with E-state index < -0.39 is 46.2 Å². The summed E-state index contributed by atoms with van der Waals surface area (Å²) in [6.45, 7) is 3.89. The fraction of sp³-hybridized carbons (Fsp3) is 0.438. The van der Waals surface area contributed by atoms with E-state index in [2.05, 4.69) is 0 Å². The topological polar surface area (TPSA) is 167 Å². The second kappa shape index (κ2) is 15.6. The van der Waals surface area contributed by atoms with Gasteiger partial charge in [-0.25, -0.2) is 9.59 Å². The van der Waals surface area contributed by atoms with Gasteiger partial charge in [0, 0.05) is 12.8 Å². The highest BCUT2D eigenvalue weighted by atomic mass is 32.2. The Morgan fingerprint density at radius 2 is 1.27 bits per heavy atom. The first kappa shape index (κ1) is 34.3. The molecule has 0 aliphatic heterocycles. The summed E-state index contributed by atoms with van der Waals surface area (Å²) in [6, 6.07) is 16.6. The Bertz CT molecular complexity index is 1730. The van der Waals surface area contributed by atoms with Crippen molar-refractivity contribution in [1.82, 2.24) is 0 Å². The second-order valence-corrected chi connectivity index (χ2v) is 16.1. The number of aryl methyl sites for hydroxylation is 3. The van der Waals surface area contributed by atoms with Crippen LogP contribution in [-0.2, 0) is 46.3 Å². The Balaban J connectivity index is 1.63. The molecule has 0 radical (unpaired) electrons. The van der Waals surface area contributed by atoms with E-state index in [1.807, 2.05) is 62.4 Å². The van der Waals surface area contributed by atoms with Crippen molar-refractivity contribution < 1.29 is 39.9 Å². The molecule has 45 heavy (non-hydrogen) atoms. The van der Waals surface area contributed by atoms with Crippen molar-refractivity contribution in [3.63, 3.8) is 0 Å². The summed E-state index contributed by atoms with van der Waals surface area (Å²) in [4.78, 5) is 22.4. The summed E-state index contributed by atoms with van der Waals surface area (Å²) in [5, 5.41) is 0. The van der Waals surface area contributed by atoms with Crippen molar-refractivity contribution in [2.75, 3.05) is 0 Å². The van der Waals surface area contributed by atoms with E-state index >= 15 is 0 Å². The second-order valence-electron chi connectivity index (χ2n) is 11.0. The van der Waals surface area contributed by atoms with Crippen LogP contribution in [0.15, 0.2) is 81.9 Å². The quantitative estimate of drug-likeness (QED) is 0.0825. The molecule has 0 saturated heterocycles. The molecule has 13 heteroatoms. The zero-order valence-electron chi connectivity index (χ0n) is 25.4. The Morgan fingerprint density at radius 3 is 1.80 bits per heavy atom. The molecule has 1 atom stereocenters. The van der Waals surface area contributed by atoms with E-state index in [9.17, 15) is 27.1 Å². The van der Waals surface area contributed by atoms with Crippen LogP contribution in [0.4, 0.5) is 0 Å². The Labute approximate surface area is 261 Å². The van der Waals surface area contributed by atoms with Crippen LogP contribution in [0.2, 0.25) is 0 Å². The smallest absolute Gasteiger partial charge is 0.457 e. The third kappa shape index (κ3) is 9.69. The zero-order valence-corrected chi connectivity index (χ0v) is 27.1. The maximum Gasteiger partial charge on any atom is 0.519 e. The highest BCUT2D eigenvalue weighted by Gasteiger charge is 2.44. The van der Waals surface area contributed by atoms with Crippen LogP contribution >= 0.6 is 7.14 Å². The minimum Gasteiger partial charge on any atom is -0.457 e. The third-order valence-corrected chi connectivity index (χ3v) is 13.3. The molecule has 0 saturated carbocycles. The summed E-state index contributed by atoms with van der Waals surface area (Å²) in [5.74, 6) is -0.480. The molecular weight excluding hydrogens is 623 g/mol. The van der Waals surface area contributed by atoms with Crippen molar-refractivity contribution in [2.45, 2.75) is 88.9 Å². The molecule has 0 aliphatic rings. The molecule has 2 heterocycles. The van der Waals surface area contributed by atoms with Crippen LogP contribution in [-0.4, -0.2) is 18.0 Å². The van der Waals surface area contributed by atoms with E-state index in [4.69, 9.17) is 22.4 Å². The zero-order chi connectivity index (χ0) is 32.5. The lowest BCUT2D eigenvalue weighted by atomic mass is 10.1. The molecule has 0 unspecified atom stereocenters. The number of hydrogen-bond acceptors (Lipinski definition) is 10. The molecule has 0 spiro atoms. The lowest BCUT2D eigenvalue weighted by Crippen LogP contribution is -2.23. The normalized spacial score (nSPS) is 12.8. The van der Waals surface area contributed by atoms with Gasteiger partial charge >= 0.3 is 11.6 Å². The first-order chi connectivity index (χ1) is 21.5. The molecule has 11 nitrogen and oxygen atoms in total. The molecule has 0 amide bonds. The van der Waals surface area contributed by atoms with Crippen LogP contribution in [0.25, 0.3) is 0 Å². The van der Waals surface area contributed by atoms with Gasteiger partial charge in [-0.05, 0) is 61.9 Å². The lowest BCUT2D eigenvalue weighted by Gasteiger charge is -2.25. The standard InChI is InChI=1S/C32H39O11PS/c1-3-5-17-26-28(42-31(33)40-26)21-44(35,22-29-27(18-6-4-2)41-32(34)43-29)30(45(36,37)38)19-11-13-23-12-10-16-25(20-23)39-24-14-8-7-9-15-24/h7-10,12,14-16,20,30H,3-6,11,13,17-19,21-22H2,1-2H3,(H,36,37,38)/t30-/m0/s1. The van der Waals surface area contributed by atoms with Crippen molar-refractivity contribution in [3.8, 4) is 11.5 Å². The molecule has 4 aromatic rings. The SMILES string of the molecule is CCCCc1oc(=O)oc1CP(=O)(Cc1oc(=O)oc1CCCC)[C@H](CCCc1cccc(Oc2ccccc2)c1)S(=O)(=O)O. The number of unbranched alkanes of at least 4 members (excludes halogenated alkanes) is 2. The van der Waals surface area contributed by atoms with Crippen LogP contribution in [0, 0.1) is 0 Å². The number of benzene rings is 2. The number of rotatable bonds is 18. The van der Waals surface area contributed by atoms with Crippen LogP contribution in [0.1, 0.15) is 81.0 Å². The van der Waals surface area contributed by atoms with E-state index in [-0.39, 0.29) is 35.9 Å². The fourth-order valence-electron chi connectivity index (χ4n) is 5.21. The van der Waals surface area contributed by atoms with E-state index in [1.165, 1.54) is 0 Å². The van der Waals surface area contributed by atoms with Crippen LogP contribution in [0.5, 0.6) is 11.5 Å². The minimum absolute atomic E-state index is 0.0443. The molecule has 1 N–H and O–H groups in total. The van der Waals surface area contributed by atoms with E-state index in [1.54, 1.807) is 6.07 Å². The fourth-order valence-corrected chi connectivity index (χ4v) is 10.7. The molecule has 4 rings (SSSR count). The molecular formula is C32H39O11PS. The van der Waals surface area contributed by atoms with Gasteiger partial charge in [-0.1, -0.05) is 57.0 Å². The molecule has 2 aromatic heterocycles. The Hall–Kier alpha value is -3.60. The maximum atomic E-state index is 14.9. The first-order valence-corrected chi connectivity index (χ1v) is 18.7. The van der Waals surface area contributed by atoms with Gasteiger partial charge in [-0.2, -0.15) is 8.42 Å². The maximum absolute atomic E-state index is 14.9. The average molecular weight is 663 g/mol. The highest BCUT2D eigenvalue weighted by molar-refractivity contribution is 7.95. The third-order valence-electron chi connectivity index (χ3n) is 7.45. The molecule has 2 aromatic carbocycles. The van der Waals surface area contributed by atoms with Crippen LogP contribution in [0.3, 0.4) is 0 Å². The number of para-hydroxylation sites is 1. The van der Waals surface area contributed by atoms with Gasteiger partial charge in [-0.3, -0.25) is 4.55 Å². The van der Waals surface area contributed by atoms with Crippen molar-refractivity contribution >= 4 is 17.3 Å². The summed E-state index contributed by atoms with van der Waals surface area (Å²) in [7, 11) is -9.01. The van der Waals surface area contributed by atoms with E-state index in [0.29, 0.717) is 43.6 Å². The van der Waals surface area contributed by atoms with Gasteiger partial charge in [0.1, 0.15) is 23.6 Å².